The van der Waals surface area contributed by atoms with Gasteiger partial charge in [0.2, 0.25) is 0 Å². The number of hydrogen-bond donors (Lipinski definition) is 0. The Balaban J connectivity index is 2.20. The lowest BCUT2D eigenvalue weighted by atomic mass is 10.0. The SMILES string of the molecule is CCCCCCCCCCCCCCCCN1C=CN(CCCCCCCCCCCC)C1CCCCCCCCCCCC. The largest absolute Gasteiger partial charge is 0.356 e. The maximum absolute atomic E-state index is 2.73. The Hall–Kier alpha value is -0.660. The van der Waals surface area contributed by atoms with E-state index in [1.807, 2.05) is 0 Å². The molecule has 1 aliphatic rings. The van der Waals surface area contributed by atoms with Crippen LogP contribution >= 0.6 is 0 Å². The smallest absolute Gasteiger partial charge is 0.101 e. The molecule has 45 heavy (non-hydrogen) atoms. The number of nitrogens with zero attached hydrogens (tertiary/aromatic N) is 2. The summed E-state index contributed by atoms with van der Waals surface area (Å²) in [6.45, 7) is 9.49. The van der Waals surface area contributed by atoms with Crippen molar-refractivity contribution in [3.05, 3.63) is 12.4 Å². The molecule has 2 nitrogen and oxygen atoms in total. The maximum Gasteiger partial charge on any atom is 0.101 e. The molecule has 1 aliphatic heterocycles. The molecule has 0 spiro atoms. The summed E-state index contributed by atoms with van der Waals surface area (Å²) in [6, 6.07) is 0. The van der Waals surface area contributed by atoms with Crippen molar-refractivity contribution in [1.82, 2.24) is 9.80 Å². The highest BCUT2D eigenvalue weighted by molar-refractivity contribution is 4.97. The monoisotopic (exact) mass is 631 g/mol. The molecule has 2 heteroatoms. The van der Waals surface area contributed by atoms with E-state index in [-0.39, 0.29) is 0 Å². The second-order valence-corrected chi connectivity index (χ2v) is 15.0. The Morgan fingerprint density at radius 1 is 0.289 bits per heavy atom. The van der Waals surface area contributed by atoms with E-state index in [4.69, 9.17) is 0 Å². The molecule has 0 aromatic heterocycles. The summed E-state index contributed by atoms with van der Waals surface area (Å²) < 4.78 is 0. The fraction of sp³-hybridized carbons (Fsp3) is 0.953. The van der Waals surface area contributed by atoms with Crippen LogP contribution in [0.15, 0.2) is 12.4 Å². The Bertz CT molecular complexity index is 586. The van der Waals surface area contributed by atoms with Gasteiger partial charge < -0.3 is 9.80 Å². The van der Waals surface area contributed by atoms with Crippen molar-refractivity contribution in [2.45, 2.75) is 252 Å². The molecular weight excluding hydrogens is 544 g/mol. The summed E-state index contributed by atoms with van der Waals surface area (Å²) in [5.74, 6) is 0. The molecule has 0 radical (unpaired) electrons. The van der Waals surface area contributed by atoms with Gasteiger partial charge in [-0.3, -0.25) is 0 Å². The van der Waals surface area contributed by atoms with Crippen LogP contribution in [0.2, 0.25) is 0 Å². The van der Waals surface area contributed by atoms with Crippen molar-refractivity contribution in [1.29, 1.82) is 0 Å². The standard InChI is InChI=1S/C43H86N2/c1-4-7-10-13-16-19-22-23-24-25-28-31-34-37-40-45-42-41-44(39-36-33-30-27-21-18-15-12-9-6-3)43(45)38-35-32-29-26-20-17-14-11-8-5-2/h41-43H,4-40H2,1-3H3. The predicted molar refractivity (Wildman–Crippen MR) is 205 cm³/mol. The summed E-state index contributed by atoms with van der Waals surface area (Å²) in [6.07, 6.45) is 55.9. The van der Waals surface area contributed by atoms with Crippen LogP contribution in [0.25, 0.3) is 0 Å². The summed E-state index contributed by atoms with van der Waals surface area (Å²) in [4.78, 5) is 5.45. The Labute approximate surface area is 286 Å². The van der Waals surface area contributed by atoms with Gasteiger partial charge in [0.25, 0.3) is 0 Å². The van der Waals surface area contributed by atoms with Crippen LogP contribution in [0.1, 0.15) is 245 Å². The van der Waals surface area contributed by atoms with Crippen molar-refractivity contribution in [3.63, 3.8) is 0 Å². The fourth-order valence-electron chi connectivity index (χ4n) is 7.42. The van der Waals surface area contributed by atoms with Gasteiger partial charge in [0, 0.05) is 25.5 Å². The molecule has 0 bridgehead atoms. The van der Waals surface area contributed by atoms with Crippen molar-refractivity contribution in [2.75, 3.05) is 13.1 Å². The zero-order valence-electron chi connectivity index (χ0n) is 31.8. The number of rotatable bonds is 37. The highest BCUT2D eigenvalue weighted by Gasteiger charge is 2.24. The van der Waals surface area contributed by atoms with E-state index >= 15 is 0 Å². The average Bonchev–Trinajstić information content (AvgIpc) is 3.43. The molecule has 268 valence electrons. The van der Waals surface area contributed by atoms with Crippen LogP contribution in [0.3, 0.4) is 0 Å². The Morgan fingerprint density at radius 2 is 0.511 bits per heavy atom. The van der Waals surface area contributed by atoms with Gasteiger partial charge in [0.15, 0.2) is 0 Å². The van der Waals surface area contributed by atoms with Crippen LogP contribution in [-0.4, -0.2) is 29.1 Å². The lowest BCUT2D eigenvalue weighted by Gasteiger charge is -2.33. The lowest BCUT2D eigenvalue weighted by Crippen LogP contribution is -2.39. The van der Waals surface area contributed by atoms with E-state index in [9.17, 15) is 0 Å². The Morgan fingerprint density at radius 3 is 0.778 bits per heavy atom. The Kier molecular flexibility index (Phi) is 32.6. The first-order chi connectivity index (χ1) is 22.3. The van der Waals surface area contributed by atoms with Crippen LogP contribution in [0.4, 0.5) is 0 Å². The summed E-state index contributed by atoms with van der Waals surface area (Å²) in [7, 11) is 0. The molecule has 1 heterocycles. The summed E-state index contributed by atoms with van der Waals surface area (Å²) >= 11 is 0. The van der Waals surface area contributed by atoms with Crippen LogP contribution in [-0.2, 0) is 0 Å². The fourth-order valence-corrected chi connectivity index (χ4v) is 7.42. The third-order valence-electron chi connectivity index (χ3n) is 10.6. The van der Waals surface area contributed by atoms with Gasteiger partial charge in [-0.2, -0.15) is 0 Å². The van der Waals surface area contributed by atoms with Crippen LogP contribution in [0, 0.1) is 0 Å². The van der Waals surface area contributed by atoms with E-state index in [0.29, 0.717) is 6.17 Å². The second-order valence-electron chi connectivity index (χ2n) is 15.0. The van der Waals surface area contributed by atoms with Crippen molar-refractivity contribution in [3.8, 4) is 0 Å². The van der Waals surface area contributed by atoms with Gasteiger partial charge in [0.1, 0.15) is 6.17 Å². The molecular formula is C43H86N2. The topological polar surface area (TPSA) is 6.48 Å². The van der Waals surface area contributed by atoms with Gasteiger partial charge in [0.05, 0.1) is 0 Å². The zero-order valence-corrected chi connectivity index (χ0v) is 31.8. The quantitative estimate of drug-likeness (QED) is 0.0630. The third kappa shape index (κ3) is 27.0. The summed E-state index contributed by atoms with van der Waals surface area (Å²) in [5, 5.41) is 0. The van der Waals surface area contributed by atoms with Crippen molar-refractivity contribution < 1.29 is 0 Å². The third-order valence-corrected chi connectivity index (χ3v) is 10.6. The zero-order chi connectivity index (χ0) is 32.3. The molecule has 0 fully saturated rings. The molecule has 0 N–H and O–H groups in total. The first kappa shape index (κ1) is 42.4. The van der Waals surface area contributed by atoms with Gasteiger partial charge in [-0.15, -0.1) is 0 Å². The van der Waals surface area contributed by atoms with E-state index in [2.05, 4.69) is 43.0 Å². The van der Waals surface area contributed by atoms with E-state index in [1.54, 1.807) is 0 Å². The number of hydrogen-bond acceptors (Lipinski definition) is 2. The minimum atomic E-state index is 0.639. The van der Waals surface area contributed by atoms with Crippen LogP contribution in [0.5, 0.6) is 0 Å². The normalized spacial score (nSPS) is 14.8. The van der Waals surface area contributed by atoms with Crippen LogP contribution < -0.4 is 0 Å². The summed E-state index contributed by atoms with van der Waals surface area (Å²) in [5.41, 5.74) is 0. The predicted octanol–water partition coefficient (Wildman–Crippen LogP) is 15.1. The molecule has 0 aliphatic carbocycles. The second kappa shape index (κ2) is 34.7. The van der Waals surface area contributed by atoms with Gasteiger partial charge in [-0.05, 0) is 25.7 Å². The molecule has 0 aromatic rings. The van der Waals surface area contributed by atoms with Crippen molar-refractivity contribution in [2.24, 2.45) is 0 Å². The van der Waals surface area contributed by atoms with E-state index < -0.39 is 0 Å². The number of unbranched alkanes of at least 4 members (excludes halogenated alkanes) is 31. The highest BCUT2D eigenvalue weighted by Crippen LogP contribution is 2.24. The molecule has 1 rings (SSSR count). The first-order valence-electron chi connectivity index (χ1n) is 21.5. The van der Waals surface area contributed by atoms with Crippen molar-refractivity contribution >= 4 is 0 Å². The first-order valence-corrected chi connectivity index (χ1v) is 21.5. The molecule has 1 unspecified atom stereocenters. The molecule has 0 amide bonds. The average molecular weight is 631 g/mol. The van der Waals surface area contributed by atoms with Gasteiger partial charge in [-0.1, -0.05) is 220 Å². The lowest BCUT2D eigenvalue weighted by molar-refractivity contribution is 0.135. The molecule has 0 saturated carbocycles. The van der Waals surface area contributed by atoms with Gasteiger partial charge >= 0.3 is 0 Å². The molecule has 1 atom stereocenters. The molecule has 0 aromatic carbocycles. The maximum atomic E-state index is 2.73. The minimum absolute atomic E-state index is 0.639. The van der Waals surface area contributed by atoms with Gasteiger partial charge in [-0.25, -0.2) is 0 Å². The van der Waals surface area contributed by atoms with E-state index in [0.717, 1.165) is 0 Å². The minimum Gasteiger partial charge on any atom is -0.356 e. The molecule has 0 saturated heterocycles. The highest BCUT2D eigenvalue weighted by atomic mass is 15.4. The van der Waals surface area contributed by atoms with E-state index in [1.165, 1.54) is 238 Å².